The van der Waals surface area contributed by atoms with Gasteiger partial charge in [-0.2, -0.15) is 0 Å². The zero-order valence-corrected chi connectivity index (χ0v) is 19.3. The number of amides is 2. The number of fused-ring (bicyclic) bond motifs is 1. The van der Waals surface area contributed by atoms with Crippen molar-refractivity contribution in [2.75, 3.05) is 41.7 Å². The molecule has 0 atom stereocenters. The maximum atomic E-state index is 14.7. The fraction of sp³-hybridized carbons (Fsp3) is 0.160. The van der Waals surface area contributed by atoms with Crippen molar-refractivity contribution in [1.29, 1.82) is 0 Å². The molecule has 0 spiro atoms. The predicted octanol–water partition coefficient (Wildman–Crippen LogP) is 5.27. The van der Waals surface area contributed by atoms with Crippen molar-refractivity contribution in [3.8, 4) is 11.5 Å². The number of anilines is 3. The Labute approximate surface area is 206 Å². The molecule has 1 aliphatic heterocycles. The molecule has 4 aromatic rings. The first-order chi connectivity index (χ1) is 17.0. The van der Waals surface area contributed by atoms with E-state index in [9.17, 15) is 9.18 Å². The molecule has 10 heteroatoms. The number of carbonyl (C=O) groups excluding carboxylic acids is 1. The Balaban J connectivity index is 1.27. The topological polar surface area (TPSA) is 91.4 Å². The van der Waals surface area contributed by atoms with Crippen LogP contribution in [0.3, 0.4) is 0 Å². The molecular weight excluding hydrogens is 471 g/mol. The van der Waals surface area contributed by atoms with Gasteiger partial charge < -0.3 is 25.6 Å². The van der Waals surface area contributed by atoms with Crippen LogP contribution >= 0.6 is 11.6 Å². The molecule has 0 radical (unpaired) electrons. The average Bonchev–Trinajstić information content (AvgIpc) is 2.87. The van der Waals surface area contributed by atoms with Crippen LogP contribution in [-0.2, 0) is 0 Å². The minimum Gasteiger partial charge on any atom is -0.454 e. The number of benzene rings is 3. The van der Waals surface area contributed by atoms with Gasteiger partial charge in [-0.3, -0.25) is 4.98 Å². The molecule has 0 bridgehead atoms. The molecule has 1 fully saturated rings. The Bertz CT molecular complexity index is 1360. The molecule has 0 saturated carbocycles. The molecule has 178 valence electrons. The van der Waals surface area contributed by atoms with E-state index in [1.54, 1.807) is 54.7 Å². The molecular formula is C25H22ClFN6O2. The van der Waals surface area contributed by atoms with Gasteiger partial charge in [-0.15, -0.1) is 0 Å². The summed E-state index contributed by atoms with van der Waals surface area (Å²) in [6, 6.07) is 15.6. The number of halogens is 2. The van der Waals surface area contributed by atoms with Gasteiger partial charge in [0.15, 0.2) is 11.6 Å². The quantitative estimate of drug-likeness (QED) is 0.351. The fourth-order valence-corrected chi connectivity index (χ4v) is 3.83. The lowest BCUT2D eigenvalue weighted by Crippen LogP contribution is -2.43. The van der Waals surface area contributed by atoms with Gasteiger partial charge in [0.25, 0.3) is 0 Å². The van der Waals surface area contributed by atoms with Crippen molar-refractivity contribution in [2.45, 2.75) is 0 Å². The lowest BCUT2D eigenvalue weighted by molar-refractivity contribution is 0.262. The summed E-state index contributed by atoms with van der Waals surface area (Å²) in [4.78, 5) is 23.6. The third-order valence-corrected chi connectivity index (χ3v) is 5.71. The minimum atomic E-state index is -0.616. The number of ether oxygens (including phenoxy) is 1. The van der Waals surface area contributed by atoms with E-state index >= 15 is 0 Å². The van der Waals surface area contributed by atoms with E-state index in [-0.39, 0.29) is 11.4 Å². The van der Waals surface area contributed by atoms with Crippen molar-refractivity contribution in [3.05, 3.63) is 77.7 Å². The highest BCUT2D eigenvalue weighted by Gasteiger charge is 2.14. The van der Waals surface area contributed by atoms with Crippen molar-refractivity contribution < 1.29 is 13.9 Å². The summed E-state index contributed by atoms with van der Waals surface area (Å²) in [6.07, 6.45) is 1.77. The van der Waals surface area contributed by atoms with E-state index < -0.39 is 11.8 Å². The molecule has 2 heterocycles. The second kappa shape index (κ2) is 10.1. The minimum absolute atomic E-state index is 0.0271. The number of rotatable bonds is 5. The largest absolute Gasteiger partial charge is 0.454 e. The van der Waals surface area contributed by atoms with E-state index in [0.717, 1.165) is 37.5 Å². The van der Waals surface area contributed by atoms with Crippen LogP contribution in [0.15, 0.2) is 66.9 Å². The number of nitrogens with zero attached hydrogens (tertiary/aromatic N) is 3. The Hall–Kier alpha value is -3.95. The van der Waals surface area contributed by atoms with Crippen LogP contribution in [0.2, 0.25) is 5.02 Å². The van der Waals surface area contributed by atoms with E-state index in [2.05, 4.69) is 25.8 Å². The highest BCUT2D eigenvalue weighted by molar-refractivity contribution is 6.30. The van der Waals surface area contributed by atoms with Crippen LogP contribution in [0.5, 0.6) is 11.5 Å². The predicted molar refractivity (Wildman–Crippen MR) is 135 cm³/mol. The van der Waals surface area contributed by atoms with Gasteiger partial charge in [0, 0.05) is 54.7 Å². The van der Waals surface area contributed by atoms with Crippen LogP contribution in [-0.4, -0.2) is 42.2 Å². The summed E-state index contributed by atoms with van der Waals surface area (Å²) in [5, 5.41) is 9.12. The van der Waals surface area contributed by atoms with Gasteiger partial charge in [0.05, 0.1) is 17.2 Å². The highest BCUT2D eigenvalue weighted by Crippen LogP contribution is 2.29. The third-order valence-electron chi connectivity index (χ3n) is 5.46. The average molecular weight is 493 g/mol. The SMILES string of the molecule is O=C(Nc1ccc(Cl)cc1)Nc1ccc(Oc2ccc3ncc(N4CCNCC4)nc3c2)c(F)c1. The molecule has 35 heavy (non-hydrogen) atoms. The number of hydrogen-bond donors (Lipinski definition) is 3. The van der Waals surface area contributed by atoms with Gasteiger partial charge in [-0.05, 0) is 48.5 Å². The van der Waals surface area contributed by atoms with Crippen molar-refractivity contribution >= 4 is 45.9 Å². The lowest BCUT2D eigenvalue weighted by Gasteiger charge is -2.28. The second-order valence-electron chi connectivity index (χ2n) is 7.95. The molecule has 0 unspecified atom stereocenters. The van der Waals surface area contributed by atoms with E-state index in [0.29, 0.717) is 22.0 Å². The molecule has 2 amide bonds. The summed E-state index contributed by atoms with van der Waals surface area (Å²) in [5.41, 5.74) is 2.23. The van der Waals surface area contributed by atoms with Gasteiger partial charge in [0.1, 0.15) is 11.6 Å². The van der Waals surface area contributed by atoms with Crippen LogP contribution in [0.4, 0.5) is 26.4 Å². The molecule has 3 N–H and O–H groups in total. The Morgan fingerprint density at radius 2 is 1.71 bits per heavy atom. The highest BCUT2D eigenvalue weighted by atomic mass is 35.5. The molecule has 5 rings (SSSR count). The normalized spacial score (nSPS) is 13.5. The Kier molecular flexibility index (Phi) is 6.60. The number of hydrogen-bond acceptors (Lipinski definition) is 6. The van der Waals surface area contributed by atoms with E-state index in [1.807, 2.05) is 0 Å². The maximum absolute atomic E-state index is 14.7. The monoisotopic (exact) mass is 492 g/mol. The molecule has 3 aromatic carbocycles. The van der Waals surface area contributed by atoms with Crippen LogP contribution in [0, 0.1) is 5.82 Å². The summed E-state index contributed by atoms with van der Waals surface area (Å²) in [5.74, 6) is 0.647. The lowest BCUT2D eigenvalue weighted by atomic mass is 10.2. The third kappa shape index (κ3) is 5.59. The van der Waals surface area contributed by atoms with E-state index in [1.165, 1.54) is 12.1 Å². The first-order valence-corrected chi connectivity index (χ1v) is 11.4. The van der Waals surface area contributed by atoms with Crippen molar-refractivity contribution in [3.63, 3.8) is 0 Å². The van der Waals surface area contributed by atoms with Gasteiger partial charge in [-0.25, -0.2) is 14.2 Å². The first kappa shape index (κ1) is 22.8. The maximum Gasteiger partial charge on any atom is 0.323 e. The smallest absolute Gasteiger partial charge is 0.323 e. The van der Waals surface area contributed by atoms with Crippen LogP contribution in [0.1, 0.15) is 0 Å². The molecule has 0 aliphatic carbocycles. The van der Waals surface area contributed by atoms with Crippen molar-refractivity contribution in [2.24, 2.45) is 0 Å². The Morgan fingerprint density at radius 1 is 0.971 bits per heavy atom. The summed E-state index contributed by atoms with van der Waals surface area (Å²) in [6.45, 7) is 3.52. The van der Waals surface area contributed by atoms with Crippen LogP contribution < -0.4 is 25.6 Å². The van der Waals surface area contributed by atoms with Gasteiger partial charge in [-0.1, -0.05) is 11.6 Å². The van der Waals surface area contributed by atoms with Gasteiger partial charge >= 0.3 is 6.03 Å². The molecule has 1 aromatic heterocycles. The number of urea groups is 1. The number of nitrogens with one attached hydrogen (secondary N) is 3. The summed E-state index contributed by atoms with van der Waals surface area (Å²) < 4.78 is 20.5. The zero-order valence-electron chi connectivity index (χ0n) is 18.6. The zero-order chi connectivity index (χ0) is 24.2. The van der Waals surface area contributed by atoms with Crippen molar-refractivity contribution in [1.82, 2.24) is 15.3 Å². The standard InChI is InChI=1S/C25H22ClFN6O2/c26-16-1-3-17(4-2-16)30-25(34)31-18-5-8-23(20(27)13-18)35-19-6-7-21-22(14-19)32-24(15-29-21)33-11-9-28-10-12-33/h1-8,13-15,28H,9-12H2,(H2,30,31,34). The number of aromatic nitrogens is 2. The van der Waals surface area contributed by atoms with Gasteiger partial charge in [0.2, 0.25) is 0 Å². The molecule has 1 saturated heterocycles. The first-order valence-electron chi connectivity index (χ1n) is 11.1. The van der Waals surface area contributed by atoms with Crippen LogP contribution in [0.25, 0.3) is 11.0 Å². The van der Waals surface area contributed by atoms with E-state index in [4.69, 9.17) is 21.3 Å². The number of piperazine rings is 1. The fourth-order valence-electron chi connectivity index (χ4n) is 3.71. The number of carbonyl (C=O) groups is 1. The molecule has 8 nitrogen and oxygen atoms in total. The Morgan fingerprint density at radius 3 is 2.49 bits per heavy atom. The molecule has 1 aliphatic rings. The summed E-state index contributed by atoms with van der Waals surface area (Å²) >= 11 is 5.84. The summed E-state index contributed by atoms with van der Waals surface area (Å²) in [7, 11) is 0. The second-order valence-corrected chi connectivity index (χ2v) is 8.39.